The molecule has 0 unspecified atom stereocenters. The van der Waals surface area contributed by atoms with E-state index in [9.17, 15) is 0 Å². The molecule has 0 amide bonds. The van der Waals surface area contributed by atoms with Crippen LogP contribution in [0.3, 0.4) is 0 Å². The average Bonchev–Trinajstić information content (AvgIpc) is 2.30. The van der Waals surface area contributed by atoms with Gasteiger partial charge in [0.2, 0.25) is 0 Å². The van der Waals surface area contributed by atoms with Gasteiger partial charge in [0, 0.05) is 18.0 Å². The number of pyridine rings is 1. The lowest BCUT2D eigenvalue weighted by Crippen LogP contribution is -1.94. The minimum Gasteiger partial charge on any atom is -0.491 e. The molecule has 0 fully saturated rings. The van der Waals surface area contributed by atoms with Crippen LogP contribution in [0.4, 0.5) is 0 Å². The molecule has 0 atom stereocenters. The summed E-state index contributed by atoms with van der Waals surface area (Å²) in [5, 5.41) is 0. The zero-order valence-corrected chi connectivity index (χ0v) is 8.91. The fourth-order valence-corrected chi connectivity index (χ4v) is 1.55. The highest BCUT2D eigenvalue weighted by Crippen LogP contribution is 2.26. The third kappa shape index (κ3) is 1.87. The zero-order chi connectivity index (χ0) is 10.7. The van der Waals surface area contributed by atoms with Gasteiger partial charge in [-0.05, 0) is 12.1 Å². The first-order valence-electron chi connectivity index (χ1n) is 4.35. The van der Waals surface area contributed by atoms with Crippen molar-refractivity contribution in [3.05, 3.63) is 35.5 Å². The smallest absolute Gasteiger partial charge is 0.179 e. The molecule has 2 rings (SSSR count). The number of aromatic amines is 1. The molecule has 4 nitrogen and oxygen atoms in total. The summed E-state index contributed by atoms with van der Waals surface area (Å²) < 4.78 is 5.66. The molecule has 0 aromatic carbocycles. The van der Waals surface area contributed by atoms with Gasteiger partial charge in [0.1, 0.15) is 0 Å². The Morgan fingerprint density at radius 3 is 2.73 bits per heavy atom. The molecule has 1 N–H and O–H groups in total. The highest BCUT2D eigenvalue weighted by atomic mass is 32.1. The summed E-state index contributed by atoms with van der Waals surface area (Å²) >= 11 is 5.07. The van der Waals surface area contributed by atoms with Crippen molar-refractivity contribution in [3.63, 3.8) is 0 Å². The van der Waals surface area contributed by atoms with E-state index in [1.54, 1.807) is 25.8 Å². The molecule has 0 spiro atoms. The molecule has 0 aliphatic rings. The molecule has 0 bridgehead atoms. The van der Waals surface area contributed by atoms with Crippen LogP contribution in [0.15, 0.2) is 30.9 Å². The van der Waals surface area contributed by atoms with Crippen molar-refractivity contribution in [2.45, 2.75) is 0 Å². The molecule has 5 heteroatoms. The van der Waals surface area contributed by atoms with E-state index in [-0.39, 0.29) is 0 Å². The Hall–Kier alpha value is -1.75. The van der Waals surface area contributed by atoms with Crippen molar-refractivity contribution >= 4 is 12.2 Å². The van der Waals surface area contributed by atoms with E-state index in [1.807, 2.05) is 12.1 Å². The zero-order valence-electron chi connectivity index (χ0n) is 8.10. The van der Waals surface area contributed by atoms with Crippen molar-refractivity contribution in [2.75, 3.05) is 7.11 Å². The third-order valence-corrected chi connectivity index (χ3v) is 2.28. The normalized spacial score (nSPS) is 9.93. The van der Waals surface area contributed by atoms with Crippen LogP contribution in [-0.4, -0.2) is 22.1 Å². The molecule has 2 heterocycles. The van der Waals surface area contributed by atoms with E-state index in [0.29, 0.717) is 10.4 Å². The quantitative estimate of drug-likeness (QED) is 0.787. The summed E-state index contributed by atoms with van der Waals surface area (Å²) in [5.74, 6) is 0.582. The molecule has 0 radical (unpaired) electrons. The molecular weight excluding hydrogens is 210 g/mol. The van der Waals surface area contributed by atoms with Crippen LogP contribution < -0.4 is 4.74 Å². The van der Waals surface area contributed by atoms with Crippen LogP contribution in [0.1, 0.15) is 0 Å². The Kier molecular flexibility index (Phi) is 2.73. The largest absolute Gasteiger partial charge is 0.491 e. The number of hydrogen-bond acceptors (Lipinski definition) is 4. The fourth-order valence-electron chi connectivity index (χ4n) is 1.31. The van der Waals surface area contributed by atoms with E-state index < -0.39 is 0 Å². The first-order chi connectivity index (χ1) is 7.33. The minimum absolute atomic E-state index is 0.447. The molecule has 2 aromatic rings. The maximum atomic E-state index is 5.21. The minimum atomic E-state index is 0.447. The summed E-state index contributed by atoms with van der Waals surface area (Å²) in [5.41, 5.74) is 1.79. The molecule has 0 saturated heterocycles. The van der Waals surface area contributed by atoms with Gasteiger partial charge < -0.3 is 9.72 Å². The van der Waals surface area contributed by atoms with Gasteiger partial charge >= 0.3 is 0 Å². The van der Waals surface area contributed by atoms with Gasteiger partial charge in [0.15, 0.2) is 10.4 Å². The lowest BCUT2D eigenvalue weighted by molar-refractivity contribution is 0.411. The maximum absolute atomic E-state index is 5.21. The van der Waals surface area contributed by atoms with Crippen LogP contribution in [0, 0.1) is 4.64 Å². The molecule has 0 aliphatic heterocycles. The predicted octanol–water partition coefficient (Wildman–Crippen LogP) is 2.21. The highest BCUT2D eigenvalue weighted by molar-refractivity contribution is 7.71. The number of rotatable bonds is 2. The topological polar surface area (TPSA) is 50.8 Å². The number of hydrogen-bond donors (Lipinski definition) is 1. The van der Waals surface area contributed by atoms with Gasteiger partial charge in [-0.25, -0.2) is 4.98 Å². The monoisotopic (exact) mass is 219 g/mol. The van der Waals surface area contributed by atoms with Gasteiger partial charge in [-0.3, -0.25) is 4.98 Å². The second kappa shape index (κ2) is 4.18. The fraction of sp³-hybridized carbons (Fsp3) is 0.100. The Morgan fingerprint density at radius 1 is 1.33 bits per heavy atom. The predicted molar refractivity (Wildman–Crippen MR) is 59.2 cm³/mol. The first kappa shape index (κ1) is 9.79. The Labute approximate surface area is 92.0 Å². The SMILES string of the molecule is COc1c(-c2ccncc2)[nH]cnc1=S. The van der Waals surface area contributed by atoms with Crippen molar-refractivity contribution in [2.24, 2.45) is 0 Å². The van der Waals surface area contributed by atoms with Gasteiger partial charge in [-0.2, -0.15) is 0 Å². The lowest BCUT2D eigenvalue weighted by atomic mass is 10.2. The molecule has 76 valence electrons. The third-order valence-electron chi connectivity index (χ3n) is 1.99. The molecule has 0 saturated carbocycles. The number of H-pyrrole nitrogens is 1. The molecular formula is C10H9N3OS. The Morgan fingerprint density at radius 2 is 2.07 bits per heavy atom. The van der Waals surface area contributed by atoms with E-state index in [1.165, 1.54) is 0 Å². The van der Waals surface area contributed by atoms with E-state index in [4.69, 9.17) is 17.0 Å². The van der Waals surface area contributed by atoms with Gasteiger partial charge in [-0.15, -0.1) is 0 Å². The summed E-state index contributed by atoms with van der Waals surface area (Å²) in [6.45, 7) is 0. The van der Waals surface area contributed by atoms with Crippen molar-refractivity contribution in [1.82, 2.24) is 15.0 Å². The van der Waals surface area contributed by atoms with Crippen molar-refractivity contribution in [1.29, 1.82) is 0 Å². The standard InChI is InChI=1S/C10H9N3OS/c1-14-9-8(12-6-13-10(9)15)7-2-4-11-5-3-7/h2-6H,1H3,(H,12,13,15). The van der Waals surface area contributed by atoms with Crippen LogP contribution in [0.2, 0.25) is 0 Å². The molecule has 2 aromatic heterocycles. The highest BCUT2D eigenvalue weighted by Gasteiger charge is 2.07. The number of ether oxygens (including phenoxy) is 1. The van der Waals surface area contributed by atoms with E-state index in [0.717, 1.165) is 11.3 Å². The summed E-state index contributed by atoms with van der Waals surface area (Å²) in [6, 6.07) is 3.76. The van der Waals surface area contributed by atoms with Gasteiger partial charge in [0.05, 0.1) is 19.1 Å². The summed E-state index contributed by atoms with van der Waals surface area (Å²) in [4.78, 5) is 10.9. The summed E-state index contributed by atoms with van der Waals surface area (Å²) in [7, 11) is 1.57. The maximum Gasteiger partial charge on any atom is 0.179 e. The van der Waals surface area contributed by atoms with Crippen LogP contribution in [0.25, 0.3) is 11.3 Å². The second-order valence-corrected chi connectivity index (χ2v) is 3.24. The molecule has 15 heavy (non-hydrogen) atoms. The van der Waals surface area contributed by atoms with Crippen LogP contribution in [-0.2, 0) is 0 Å². The summed E-state index contributed by atoms with van der Waals surface area (Å²) in [6.07, 6.45) is 4.98. The van der Waals surface area contributed by atoms with E-state index in [2.05, 4.69) is 15.0 Å². The van der Waals surface area contributed by atoms with Crippen LogP contribution >= 0.6 is 12.2 Å². The van der Waals surface area contributed by atoms with Crippen LogP contribution in [0.5, 0.6) is 5.75 Å². The van der Waals surface area contributed by atoms with Gasteiger partial charge in [-0.1, -0.05) is 12.2 Å². The van der Waals surface area contributed by atoms with Crippen molar-refractivity contribution < 1.29 is 4.74 Å². The number of nitrogens with zero attached hydrogens (tertiary/aromatic N) is 2. The number of aromatic nitrogens is 3. The average molecular weight is 219 g/mol. The Balaban J connectivity index is 2.63. The van der Waals surface area contributed by atoms with Gasteiger partial charge in [0.25, 0.3) is 0 Å². The Bertz CT molecular complexity index is 510. The lowest BCUT2D eigenvalue weighted by Gasteiger charge is -2.07. The number of nitrogens with one attached hydrogen (secondary N) is 1. The van der Waals surface area contributed by atoms with Crippen molar-refractivity contribution in [3.8, 4) is 17.0 Å². The molecule has 0 aliphatic carbocycles. The first-order valence-corrected chi connectivity index (χ1v) is 4.76. The second-order valence-electron chi connectivity index (χ2n) is 2.85. The van der Waals surface area contributed by atoms with E-state index >= 15 is 0 Å². The number of methoxy groups -OCH3 is 1.